The summed E-state index contributed by atoms with van der Waals surface area (Å²) in [7, 11) is 1.93. The minimum Gasteiger partial charge on any atom is -0.375 e. The highest BCUT2D eigenvalue weighted by atomic mass is 32.1. The van der Waals surface area contributed by atoms with Crippen LogP contribution in [-0.4, -0.2) is 20.7 Å². The van der Waals surface area contributed by atoms with Crippen molar-refractivity contribution in [3.05, 3.63) is 28.5 Å². The number of nitrogens with two attached hydrogens (primary N) is 1. The smallest absolute Gasteiger partial charge is 0.271 e. The number of nitrogen functional groups attached to an aromatic ring is 1. The monoisotopic (exact) mass is 277 g/mol. The molecule has 1 atom stereocenters. The number of nitrogens with one attached hydrogen (secondary N) is 1. The Balaban J connectivity index is 1.79. The van der Waals surface area contributed by atoms with Crippen molar-refractivity contribution in [1.82, 2.24) is 20.1 Å². The molecular formula is C12H15N5OS. The van der Waals surface area contributed by atoms with E-state index in [-0.39, 0.29) is 11.9 Å². The third-order valence-electron chi connectivity index (χ3n) is 3.44. The van der Waals surface area contributed by atoms with Crippen LogP contribution >= 0.6 is 11.3 Å². The van der Waals surface area contributed by atoms with E-state index in [1.54, 1.807) is 5.38 Å². The van der Waals surface area contributed by atoms with Gasteiger partial charge in [-0.05, 0) is 19.3 Å². The van der Waals surface area contributed by atoms with E-state index in [4.69, 9.17) is 5.73 Å². The van der Waals surface area contributed by atoms with Crippen molar-refractivity contribution in [3.63, 3.8) is 0 Å². The molecule has 0 aromatic carbocycles. The average molecular weight is 277 g/mol. The maximum Gasteiger partial charge on any atom is 0.271 e. The Hall–Kier alpha value is -1.89. The molecule has 0 saturated heterocycles. The molecule has 0 radical (unpaired) electrons. The Kier molecular flexibility index (Phi) is 2.98. The van der Waals surface area contributed by atoms with Crippen molar-refractivity contribution in [2.24, 2.45) is 7.05 Å². The molecule has 1 amide bonds. The largest absolute Gasteiger partial charge is 0.375 e. The molecule has 7 heteroatoms. The summed E-state index contributed by atoms with van der Waals surface area (Å²) in [6.45, 7) is 0. The first-order valence-corrected chi connectivity index (χ1v) is 7.06. The fourth-order valence-corrected chi connectivity index (χ4v) is 3.02. The molecule has 0 aliphatic heterocycles. The van der Waals surface area contributed by atoms with Gasteiger partial charge in [0.2, 0.25) is 0 Å². The number of anilines is 1. The number of hydrogen-bond acceptors (Lipinski definition) is 5. The second kappa shape index (κ2) is 4.65. The van der Waals surface area contributed by atoms with Crippen LogP contribution in [0.3, 0.4) is 0 Å². The Morgan fingerprint density at radius 1 is 1.63 bits per heavy atom. The molecule has 19 heavy (non-hydrogen) atoms. The topological polar surface area (TPSA) is 85.8 Å². The van der Waals surface area contributed by atoms with Gasteiger partial charge in [-0.25, -0.2) is 4.98 Å². The number of hydrogen-bond donors (Lipinski definition) is 2. The maximum absolute atomic E-state index is 12.1. The lowest BCUT2D eigenvalue weighted by Crippen LogP contribution is -2.31. The van der Waals surface area contributed by atoms with Crippen LogP contribution in [0.25, 0.3) is 0 Å². The van der Waals surface area contributed by atoms with Crippen LogP contribution in [0.4, 0.5) is 5.13 Å². The zero-order valence-electron chi connectivity index (χ0n) is 10.6. The fourth-order valence-electron chi connectivity index (χ4n) is 2.48. The van der Waals surface area contributed by atoms with Crippen LogP contribution in [0.1, 0.15) is 40.6 Å². The van der Waals surface area contributed by atoms with E-state index in [0.29, 0.717) is 10.8 Å². The number of rotatable bonds is 2. The van der Waals surface area contributed by atoms with Gasteiger partial charge in [0.15, 0.2) is 5.13 Å². The van der Waals surface area contributed by atoms with E-state index in [1.807, 2.05) is 17.9 Å². The Labute approximate surface area is 114 Å². The fraction of sp³-hybridized carbons (Fsp3) is 0.417. The van der Waals surface area contributed by atoms with E-state index >= 15 is 0 Å². The molecule has 0 saturated carbocycles. The molecule has 1 unspecified atom stereocenters. The summed E-state index contributed by atoms with van der Waals surface area (Å²) in [6, 6.07) is 0.0212. The SMILES string of the molecule is Cn1ncc2c1CCCC2NC(=O)c1csc(N)n1. The molecule has 2 heterocycles. The quantitative estimate of drug-likeness (QED) is 0.865. The summed E-state index contributed by atoms with van der Waals surface area (Å²) in [5.74, 6) is -0.172. The molecule has 1 aliphatic carbocycles. The van der Waals surface area contributed by atoms with Gasteiger partial charge in [-0.2, -0.15) is 5.10 Å². The van der Waals surface area contributed by atoms with Gasteiger partial charge >= 0.3 is 0 Å². The second-order valence-electron chi connectivity index (χ2n) is 4.66. The average Bonchev–Trinajstić information content (AvgIpc) is 2.98. The van der Waals surface area contributed by atoms with E-state index in [9.17, 15) is 4.79 Å². The number of carbonyl (C=O) groups excluding carboxylic acids is 1. The predicted octanol–water partition coefficient (Wildman–Crippen LogP) is 1.27. The molecule has 0 fully saturated rings. The highest BCUT2D eigenvalue weighted by Crippen LogP contribution is 2.29. The third-order valence-corrected chi connectivity index (χ3v) is 4.11. The maximum atomic E-state index is 12.1. The second-order valence-corrected chi connectivity index (χ2v) is 5.55. The standard InChI is InChI=1S/C12H15N5OS/c1-17-10-4-2-3-8(7(10)5-14-17)15-11(18)9-6-19-12(13)16-9/h5-6,8H,2-4H2,1H3,(H2,13,16)(H,15,18). The lowest BCUT2D eigenvalue weighted by atomic mass is 9.93. The minimum absolute atomic E-state index is 0.0212. The van der Waals surface area contributed by atoms with Gasteiger partial charge in [0.1, 0.15) is 5.69 Å². The molecule has 3 rings (SSSR count). The van der Waals surface area contributed by atoms with Gasteiger partial charge in [0, 0.05) is 23.7 Å². The van der Waals surface area contributed by atoms with Crippen molar-refractivity contribution < 1.29 is 4.79 Å². The van der Waals surface area contributed by atoms with E-state index < -0.39 is 0 Å². The summed E-state index contributed by atoms with van der Waals surface area (Å²) in [4.78, 5) is 16.1. The Bertz CT molecular complexity index is 617. The van der Waals surface area contributed by atoms with Crippen molar-refractivity contribution >= 4 is 22.4 Å². The summed E-state index contributed by atoms with van der Waals surface area (Å²) in [5, 5.41) is 9.37. The Morgan fingerprint density at radius 2 is 2.47 bits per heavy atom. The lowest BCUT2D eigenvalue weighted by molar-refractivity contribution is 0.0928. The van der Waals surface area contributed by atoms with Gasteiger partial charge < -0.3 is 11.1 Å². The van der Waals surface area contributed by atoms with Gasteiger partial charge in [0.25, 0.3) is 5.91 Å². The van der Waals surface area contributed by atoms with Gasteiger partial charge in [0.05, 0.1) is 12.2 Å². The van der Waals surface area contributed by atoms with Crippen LogP contribution in [0, 0.1) is 0 Å². The lowest BCUT2D eigenvalue weighted by Gasteiger charge is -2.23. The van der Waals surface area contributed by atoms with Gasteiger partial charge in [-0.1, -0.05) is 0 Å². The number of aromatic nitrogens is 3. The number of amides is 1. The first-order valence-electron chi connectivity index (χ1n) is 6.18. The van der Waals surface area contributed by atoms with E-state index in [1.165, 1.54) is 17.0 Å². The normalized spacial score (nSPS) is 18.1. The zero-order chi connectivity index (χ0) is 13.4. The zero-order valence-corrected chi connectivity index (χ0v) is 11.4. The van der Waals surface area contributed by atoms with Crippen molar-refractivity contribution in [2.45, 2.75) is 25.3 Å². The first kappa shape index (κ1) is 12.2. The highest BCUT2D eigenvalue weighted by Gasteiger charge is 2.25. The predicted molar refractivity (Wildman–Crippen MR) is 72.9 cm³/mol. The Morgan fingerprint density at radius 3 is 3.21 bits per heavy atom. The number of thiazole rings is 1. The summed E-state index contributed by atoms with van der Waals surface area (Å²) >= 11 is 1.27. The van der Waals surface area contributed by atoms with Crippen molar-refractivity contribution in [2.75, 3.05) is 5.73 Å². The third kappa shape index (κ3) is 2.21. The van der Waals surface area contributed by atoms with Gasteiger partial charge in [-0.15, -0.1) is 11.3 Å². The summed E-state index contributed by atoms with van der Waals surface area (Å²) in [6.07, 6.45) is 4.84. The molecule has 2 aromatic rings. The van der Waals surface area contributed by atoms with Crippen LogP contribution in [0.2, 0.25) is 0 Å². The molecule has 0 spiro atoms. The highest BCUT2D eigenvalue weighted by molar-refractivity contribution is 7.13. The van der Waals surface area contributed by atoms with Crippen LogP contribution in [0.5, 0.6) is 0 Å². The minimum atomic E-state index is -0.172. The van der Waals surface area contributed by atoms with Crippen LogP contribution < -0.4 is 11.1 Å². The molecule has 100 valence electrons. The number of carbonyl (C=O) groups is 1. The van der Waals surface area contributed by atoms with Crippen molar-refractivity contribution in [1.29, 1.82) is 0 Å². The van der Waals surface area contributed by atoms with Crippen LogP contribution in [-0.2, 0) is 13.5 Å². The van der Waals surface area contributed by atoms with Crippen molar-refractivity contribution in [3.8, 4) is 0 Å². The molecule has 0 bridgehead atoms. The summed E-state index contributed by atoms with van der Waals surface area (Å²) in [5.41, 5.74) is 8.25. The number of fused-ring (bicyclic) bond motifs is 1. The molecule has 2 aromatic heterocycles. The number of nitrogens with zero attached hydrogens (tertiary/aromatic N) is 3. The molecule has 6 nitrogen and oxygen atoms in total. The molecule has 3 N–H and O–H groups in total. The van der Waals surface area contributed by atoms with E-state index in [2.05, 4.69) is 15.4 Å². The summed E-state index contributed by atoms with van der Waals surface area (Å²) < 4.78 is 1.88. The molecule has 1 aliphatic rings. The molecular weight excluding hydrogens is 262 g/mol. The van der Waals surface area contributed by atoms with Crippen LogP contribution in [0.15, 0.2) is 11.6 Å². The van der Waals surface area contributed by atoms with Gasteiger partial charge in [-0.3, -0.25) is 9.48 Å². The van der Waals surface area contributed by atoms with E-state index in [0.717, 1.165) is 24.8 Å². The first-order chi connectivity index (χ1) is 9.15. The number of aryl methyl sites for hydroxylation is 1.